The quantitative estimate of drug-likeness (QED) is 0.821. The van der Waals surface area contributed by atoms with Gasteiger partial charge in [-0.25, -0.2) is 4.39 Å². The molecule has 0 fully saturated rings. The number of para-hydroxylation sites is 1. The van der Waals surface area contributed by atoms with Crippen molar-refractivity contribution in [1.29, 1.82) is 0 Å². The molecule has 2 nitrogen and oxygen atoms in total. The molecule has 2 aromatic rings. The van der Waals surface area contributed by atoms with Gasteiger partial charge in [0.25, 0.3) is 0 Å². The molecule has 0 aliphatic heterocycles. The Labute approximate surface area is 120 Å². The molecule has 0 bridgehead atoms. The lowest BCUT2D eigenvalue weighted by Crippen LogP contribution is -2.12. The molecule has 2 rings (SSSR count). The first-order chi connectivity index (χ1) is 9.74. The normalized spacial score (nSPS) is 12.2. The number of hydrogen-bond acceptors (Lipinski definition) is 2. The van der Waals surface area contributed by atoms with Crippen molar-refractivity contribution in [2.75, 3.05) is 5.32 Å². The predicted octanol–water partition coefficient (Wildman–Crippen LogP) is 4.74. The first-order valence-electron chi connectivity index (χ1n) is 7.20. The molecule has 0 amide bonds. The van der Waals surface area contributed by atoms with Gasteiger partial charge in [-0.1, -0.05) is 38.5 Å². The number of aromatic nitrogens is 1. The zero-order valence-electron chi connectivity index (χ0n) is 12.1. The van der Waals surface area contributed by atoms with Crippen LogP contribution in [0.3, 0.4) is 0 Å². The van der Waals surface area contributed by atoms with Crippen molar-refractivity contribution >= 4 is 5.69 Å². The Morgan fingerprint density at radius 3 is 2.60 bits per heavy atom. The van der Waals surface area contributed by atoms with Crippen molar-refractivity contribution in [3.63, 3.8) is 0 Å². The van der Waals surface area contributed by atoms with Gasteiger partial charge in [0.15, 0.2) is 0 Å². The number of nitrogens with zero attached hydrogens (tertiary/aromatic N) is 1. The van der Waals surface area contributed by atoms with Crippen LogP contribution < -0.4 is 5.32 Å². The zero-order valence-corrected chi connectivity index (χ0v) is 12.1. The lowest BCUT2D eigenvalue weighted by Gasteiger charge is -2.20. The number of pyridine rings is 1. The van der Waals surface area contributed by atoms with E-state index < -0.39 is 0 Å². The molecular weight excluding hydrogens is 251 g/mol. The Morgan fingerprint density at radius 1 is 1.15 bits per heavy atom. The third-order valence-corrected chi connectivity index (χ3v) is 3.38. The highest BCUT2D eigenvalue weighted by Crippen LogP contribution is 2.24. The molecule has 1 aromatic heterocycles. The maximum Gasteiger partial charge on any atom is 0.141 e. The van der Waals surface area contributed by atoms with E-state index in [1.54, 1.807) is 6.07 Å². The number of benzene rings is 1. The lowest BCUT2D eigenvalue weighted by atomic mass is 10.1. The van der Waals surface area contributed by atoms with Gasteiger partial charge in [-0.15, -0.1) is 0 Å². The average Bonchev–Trinajstić information content (AvgIpc) is 2.48. The standard InChI is InChI=1S/C17H21FN2/c1-3-7-13-8-5-6-9-16(13)20-15(4-2)17-11-10-14(18)12-19-17/h5-6,8-12,15,20H,3-4,7H2,1-2H3. The highest BCUT2D eigenvalue weighted by Gasteiger charge is 2.12. The van der Waals surface area contributed by atoms with Gasteiger partial charge >= 0.3 is 0 Å². The van der Waals surface area contributed by atoms with Crippen molar-refractivity contribution in [2.45, 2.75) is 39.2 Å². The SMILES string of the molecule is CCCc1ccccc1NC(CC)c1ccc(F)cn1. The van der Waals surface area contributed by atoms with Gasteiger partial charge in [-0.05, 0) is 36.6 Å². The molecule has 1 atom stereocenters. The molecule has 0 saturated heterocycles. The highest BCUT2D eigenvalue weighted by atomic mass is 19.1. The minimum Gasteiger partial charge on any atom is -0.376 e. The van der Waals surface area contributed by atoms with Crippen molar-refractivity contribution in [1.82, 2.24) is 4.98 Å². The van der Waals surface area contributed by atoms with Gasteiger partial charge in [-0.3, -0.25) is 4.98 Å². The van der Waals surface area contributed by atoms with Crippen LogP contribution in [0.25, 0.3) is 0 Å². The number of anilines is 1. The van der Waals surface area contributed by atoms with Crippen LogP contribution in [0.2, 0.25) is 0 Å². The van der Waals surface area contributed by atoms with Crippen LogP contribution in [-0.2, 0) is 6.42 Å². The van der Waals surface area contributed by atoms with Gasteiger partial charge in [0.05, 0.1) is 17.9 Å². The molecule has 0 spiro atoms. The van der Waals surface area contributed by atoms with E-state index in [4.69, 9.17) is 0 Å². The number of rotatable bonds is 6. The van der Waals surface area contributed by atoms with Crippen LogP contribution in [0.1, 0.15) is 44.0 Å². The fourth-order valence-corrected chi connectivity index (χ4v) is 2.31. The highest BCUT2D eigenvalue weighted by molar-refractivity contribution is 5.52. The summed E-state index contributed by atoms with van der Waals surface area (Å²) in [6.45, 7) is 4.28. The summed E-state index contributed by atoms with van der Waals surface area (Å²) in [6.07, 6.45) is 4.34. The molecule has 0 saturated carbocycles. The maximum atomic E-state index is 13.0. The monoisotopic (exact) mass is 272 g/mol. The van der Waals surface area contributed by atoms with Crippen molar-refractivity contribution < 1.29 is 4.39 Å². The van der Waals surface area contributed by atoms with Gasteiger partial charge in [-0.2, -0.15) is 0 Å². The summed E-state index contributed by atoms with van der Waals surface area (Å²) in [5.74, 6) is -0.296. The second-order valence-electron chi connectivity index (χ2n) is 4.91. The van der Waals surface area contributed by atoms with Crippen LogP contribution in [0.5, 0.6) is 0 Å². The van der Waals surface area contributed by atoms with Crippen LogP contribution in [0.15, 0.2) is 42.6 Å². The van der Waals surface area contributed by atoms with Gasteiger partial charge in [0, 0.05) is 5.69 Å². The number of nitrogens with one attached hydrogen (secondary N) is 1. The summed E-state index contributed by atoms with van der Waals surface area (Å²) in [7, 11) is 0. The predicted molar refractivity (Wildman–Crippen MR) is 81.3 cm³/mol. The van der Waals surface area contributed by atoms with E-state index in [1.165, 1.54) is 17.8 Å². The molecule has 0 radical (unpaired) electrons. The summed E-state index contributed by atoms with van der Waals surface area (Å²) < 4.78 is 13.0. The number of aryl methyl sites for hydroxylation is 1. The average molecular weight is 272 g/mol. The summed E-state index contributed by atoms with van der Waals surface area (Å²) in [6, 6.07) is 11.7. The molecule has 1 N–H and O–H groups in total. The third-order valence-electron chi connectivity index (χ3n) is 3.38. The first-order valence-corrected chi connectivity index (χ1v) is 7.20. The summed E-state index contributed by atoms with van der Waals surface area (Å²) in [4.78, 5) is 4.18. The fourth-order valence-electron chi connectivity index (χ4n) is 2.31. The van der Waals surface area contributed by atoms with E-state index >= 15 is 0 Å². The molecule has 0 aliphatic carbocycles. The summed E-state index contributed by atoms with van der Waals surface area (Å²) >= 11 is 0. The number of halogens is 1. The third kappa shape index (κ3) is 3.56. The van der Waals surface area contributed by atoms with Crippen LogP contribution in [-0.4, -0.2) is 4.98 Å². The Balaban J connectivity index is 2.20. The van der Waals surface area contributed by atoms with Crippen LogP contribution in [0.4, 0.5) is 10.1 Å². The lowest BCUT2D eigenvalue weighted by molar-refractivity contribution is 0.614. The molecule has 106 valence electrons. The molecule has 1 heterocycles. The Bertz CT molecular complexity index is 537. The van der Waals surface area contributed by atoms with E-state index in [-0.39, 0.29) is 11.9 Å². The molecular formula is C17H21FN2. The van der Waals surface area contributed by atoms with Crippen molar-refractivity contribution in [3.05, 3.63) is 59.7 Å². The smallest absolute Gasteiger partial charge is 0.141 e. The molecule has 0 aliphatic rings. The zero-order chi connectivity index (χ0) is 14.4. The van der Waals surface area contributed by atoms with Crippen LogP contribution >= 0.6 is 0 Å². The molecule has 3 heteroatoms. The van der Waals surface area contributed by atoms with E-state index in [0.29, 0.717) is 0 Å². The van der Waals surface area contributed by atoms with Gasteiger partial charge < -0.3 is 5.32 Å². The van der Waals surface area contributed by atoms with Gasteiger partial charge in [0.2, 0.25) is 0 Å². The second-order valence-corrected chi connectivity index (χ2v) is 4.91. The van der Waals surface area contributed by atoms with E-state index in [0.717, 1.165) is 30.6 Å². The Hall–Kier alpha value is -1.90. The Kier molecular flexibility index (Phi) is 5.10. The second kappa shape index (κ2) is 7.04. The molecule has 1 unspecified atom stereocenters. The van der Waals surface area contributed by atoms with Crippen molar-refractivity contribution in [2.24, 2.45) is 0 Å². The Morgan fingerprint density at radius 2 is 1.95 bits per heavy atom. The van der Waals surface area contributed by atoms with E-state index in [9.17, 15) is 4.39 Å². The first kappa shape index (κ1) is 14.5. The minimum atomic E-state index is -0.296. The van der Waals surface area contributed by atoms with Crippen LogP contribution in [0, 0.1) is 5.82 Å². The maximum absolute atomic E-state index is 13.0. The summed E-state index contributed by atoms with van der Waals surface area (Å²) in [5.41, 5.74) is 3.34. The minimum absolute atomic E-state index is 0.105. The largest absolute Gasteiger partial charge is 0.376 e. The topological polar surface area (TPSA) is 24.9 Å². The molecule has 20 heavy (non-hydrogen) atoms. The fraction of sp³-hybridized carbons (Fsp3) is 0.353. The van der Waals surface area contributed by atoms with Crippen molar-refractivity contribution in [3.8, 4) is 0 Å². The van der Waals surface area contributed by atoms with Gasteiger partial charge in [0.1, 0.15) is 5.82 Å². The molecule has 1 aromatic carbocycles. The van der Waals surface area contributed by atoms with E-state index in [2.05, 4.69) is 42.3 Å². The summed E-state index contributed by atoms with van der Waals surface area (Å²) in [5, 5.41) is 3.53. The van der Waals surface area contributed by atoms with E-state index in [1.807, 2.05) is 6.07 Å². The number of hydrogen-bond donors (Lipinski definition) is 1.